The summed E-state index contributed by atoms with van der Waals surface area (Å²) in [6.45, 7) is 0.867. The molecule has 0 unspecified atom stereocenters. The van der Waals surface area contributed by atoms with Gasteiger partial charge in [0.1, 0.15) is 11.6 Å². The summed E-state index contributed by atoms with van der Waals surface area (Å²) in [6, 6.07) is 8.76. The van der Waals surface area contributed by atoms with Crippen LogP contribution in [0, 0.1) is 17.5 Å². The second-order valence-corrected chi connectivity index (χ2v) is 7.83. The summed E-state index contributed by atoms with van der Waals surface area (Å²) in [7, 11) is 4.01. The molecule has 2 heterocycles. The minimum absolute atomic E-state index is 0.364. The second kappa shape index (κ2) is 6.52. The van der Waals surface area contributed by atoms with E-state index in [0.717, 1.165) is 18.5 Å². The molecule has 6 heteroatoms. The van der Waals surface area contributed by atoms with Gasteiger partial charge in [0.15, 0.2) is 5.82 Å². The smallest absolute Gasteiger partial charge is 0.157 e. The molecular weight excluding hydrogens is 375 g/mol. The van der Waals surface area contributed by atoms with Crippen LogP contribution in [-0.2, 0) is 6.42 Å². The fourth-order valence-corrected chi connectivity index (χ4v) is 4.34. The van der Waals surface area contributed by atoms with Gasteiger partial charge >= 0.3 is 0 Å². The third-order valence-electron chi connectivity index (χ3n) is 5.60. The van der Waals surface area contributed by atoms with Crippen molar-refractivity contribution in [2.45, 2.75) is 12.8 Å². The van der Waals surface area contributed by atoms with Crippen LogP contribution in [0.2, 0.25) is 0 Å². The van der Waals surface area contributed by atoms with E-state index in [2.05, 4.69) is 14.9 Å². The number of nitrogens with one attached hydrogen (secondary N) is 2. The first kappa shape index (κ1) is 18.1. The van der Waals surface area contributed by atoms with Gasteiger partial charge in [0.25, 0.3) is 0 Å². The van der Waals surface area contributed by atoms with Crippen LogP contribution in [0.4, 0.5) is 13.2 Å². The Morgan fingerprint density at radius 3 is 2.31 bits per heavy atom. The van der Waals surface area contributed by atoms with E-state index in [1.54, 1.807) is 12.1 Å². The molecule has 0 radical (unpaired) electrons. The van der Waals surface area contributed by atoms with E-state index < -0.39 is 5.82 Å². The number of hydrogen-bond acceptors (Lipinski definition) is 1. The lowest BCUT2D eigenvalue weighted by Gasteiger charge is -2.11. The molecule has 29 heavy (non-hydrogen) atoms. The lowest BCUT2D eigenvalue weighted by Crippen LogP contribution is -2.13. The van der Waals surface area contributed by atoms with Crippen molar-refractivity contribution in [2.24, 2.45) is 0 Å². The lowest BCUT2D eigenvalue weighted by atomic mass is 9.98. The molecule has 2 N–H and O–H groups in total. The van der Waals surface area contributed by atoms with Crippen LogP contribution in [-0.4, -0.2) is 35.5 Å². The molecule has 0 saturated heterocycles. The Bertz CT molecular complexity index is 1400. The van der Waals surface area contributed by atoms with Gasteiger partial charge in [0.2, 0.25) is 0 Å². The van der Waals surface area contributed by atoms with Crippen LogP contribution in [0.1, 0.15) is 12.0 Å². The summed E-state index contributed by atoms with van der Waals surface area (Å²) in [5, 5.41) is 2.43. The van der Waals surface area contributed by atoms with Crippen molar-refractivity contribution in [1.29, 1.82) is 0 Å². The first-order valence-electron chi connectivity index (χ1n) is 9.61. The van der Waals surface area contributed by atoms with Gasteiger partial charge in [-0.15, -0.1) is 0 Å². The number of hydrogen-bond donors (Lipinski definition) is 2. The standard InChI is InChI=1S/C23H20F3N3/c1-29(2)9-3-4-15-19-16-10-12(24)6-8-17(16)27-23(19)21(26)20-14-7-5-13(25)11-18(14)28-22(15)20/h5-8,10-11,27-28H,3-4,9H2,1-2H3. The first-order chi connectivity index (χ1) is 13.9. The number of benzene rings is 3. The minimum Gasteiger partial charge on any atom is -0.354 e. The van der Waals surface area contributed by atoms with Crippen molar-refractivity contribution in [1.82, 2.24) is 14.9 Å². The molecule has 0 atom stereocenters. The van der Waals surface area contributed by atoms with E-state index in [1.807, 2.05) is 14.1 Å². The van der Waals surface area contributed by atoms with Crippen LogP contribution in [0.3, 0.4) is 0 Å². The van der Waals surface area contributed by atoms with Gasteiger partial charge in [-0.3, -0.25) is 0 Å². The second-order valence-electron chi connectivity index (χ2n) is 7.83. The van der Waals surface area contributed by atoms with Crippen molar-refractivity contribution in [3.8, 4) is 0 Å². The number of H-pyrrole nitrogens is 2. The fourth-order valence-electron chi connectivity index (χ4n) is 4.34. The zero-order chi connectivity index (χ0) is 20.3. The fraction of sp³-hybridized carbons (Fsp3) is 0.217. The molecule has 0 aliphatic carbocycles. The molecular formula is C23H20F3N3. The largest absolute Gasteiger partial charge is 0.354 e. The van der Waals surface area contributed by atoms with E-state index >= 15 is 4.39 Å². The molecule has 0 saturated carbocycles. The van der Waals surface area contributed by atoms with Crippen molar-refractivity contribution >= 4 is 43.6 Å². The molecule has 3 nitrogen and oxygen atoms in total. The average Bonchev–Trinajstić information content (AvgIpc) is 3.22. The van der Waals surface area contributed by atoms with Crippen LogP contribution >= 0.6 is 0 Å². The number of aromatic amines is 2. The van der Waals surface area contributed by atoms with Crippen LogP contribution in [0.15, 0.2) is 36.4 Å². The van der Waals surface area contributed by atoms with Gasteiger partial charge in [-0.25, -0.2) is 13.2 Å². The molecule has 0 fully saturated rings. The molecule has 0 spiro atoms. The summed E-state index contributed by atoms with van der Waals surface area (Å²) in [5.74, 6) is -1.14. The quantitative estimate of drug-likeness (QED) is 0.392. The normalized spacial score (nSPS) is 12.3. The maximum Gasteiger partial charge on any atom is 0.157 e. The topological polar surface area (TPSA) is 34.8 Å². The van der Waals surface area contributed by atoms with Gasteiger partial charge in [0.05, 0.1) is 11.0 Å². The highest BCUT2D eigenvalue weighted by molar-refractivity contribution is 6.19. The van der Waals surface area contributed by atoms with E-state index in [1.165, 1.54) is 24.3 Å². The van der Waals surface area contributed by atoms with Crippen molar-refractivity contribution < 1.29 is 13.2 Å². The molecule has 0 bridgehead atoms. The Balaban J connectivity index is 1.91. The maximum atomic E-state index is 15.7. The monoisotopic (exact) mass is 395 g/mol. The van der Waals surface area contributed by atoms with Crippen LogP contribution in [0.25, 0.3) is 43.6 Å². The SMILES string of the molecule is CN(C)CCCc1c2[nH]c3cc(F)ccc3c2c(F)c2[nH]c3ccc(F)cc3c12. The highest BCUT2D eigenvalue weighted by atomic mass is 19.1. The molecule has 148 valence electrons. The zero-order valence-electron chi connectivity index (χ0n) is 16.2. The number of aryl methyl sites for hydroxylation is 1. The van der Waals surface area contributed by atoms with Gasteiger partial charge in [-0.1, -0.05) is 0 Å². The van der Waals surface area contributed by atoms with Crippen molar-refractivity contribution in [2.75, 3.05) is 20.6 Å². The van der Waals surface area contributed by atoms with Gasteiger partial charge in [-0.2, -0.15) is 0 Å². The van der Waals surface area contributed by atoms with Crippen molar-refractivity contribution in [3.63, 3.8) is 0 Å². The Hall–Kier alpha value is -2.99. The number of aromatic nitrogens is 2. The van der Waals surface area contributed by atoms with Gasteiger partial charge < -0.3 is 14.9 Å². The van der Waals surface area contributed by atoms with Gasteiger partial charge in [0, 0.05) is 32.6 Å². The third kappa shape index (κ3) is 2.78. The van der Waals surface area contributed by atoms with E-state index in [9.17, 15) is 8.78 Å². The number of fused-ring (bicyclic) bond motifs is 6. The molecule has 5 rings (SSSR count). The van der Waals surface area contributed by atoms with E-state index in [4.69, 9.17) is 0 Å². The number of halogens is 3. The molecule has 5 aromatic rings. The number of nitrogens with zero attached hydrogens (tertiary/aromatic N) is 1. The zero-order valence-corrected chi connectivity index (χ0v) is 16.2. The minimum atomic E-state index is -0.402. The Morgan fingerprint density at radius 1 is 0.793 bits per heavy atom. The van der Waals surface area contributed by atoms with Crippen molar-refractivity contribution in [3.05, 3.63) is 59.4 Å². The summed E-state index contributed by atoms with van der Waals surface area (Å²) >= 11 is 0. The summed E-state index contributed by atoms with van der Waals surface area (Å²) in [5.41, 5.74) is 3.18. The Kier molecular flexibility index (Phi) is 4.06. The molecule has 2 aromatic heterocycles. The Labute approximate surface area is 165 Å². The highest BCUT2D eigenvalue weighted by Crippen LogP contribution is 2.40. The molecule has 0 amide bonds. The predicted molar refractivity (Wildman–Crippen MR) is 112 cm³/mol. The molecule has 0 aliphatic rings. The van der Waals surface area contributed by atoms with E-state index in [-0.39, 0.29) is 11.6 Å². The van der Waals surface area contributed by atoms with Gasteiger partial charge in [-0.05, 0) is 75.4 Å². The maximum absolute atomic E-state index is 15.7. The molecule has 3 aromatic carbocycles. The summed E-state index contributed by atoms with van der Waals surface area (Å²) in [4.78, 5) is 8.45. The lowest BCUT2D eigenvalue weighted by molar-refractivity contribution is 0.401. The summed E-state index contributed by atoms with van der Waals surface area (Å²) < 4.78 is 43.4. The predicted octanol–water partition coefficient (Wildman–Crippen LogP) is 5.87. The number of rotatable bonds is 4. The van der Waals surface area contributed by atoms with Crippen LogP contribution in [0.5, 0.6) is 0 Å². The first-order valence-corrected chi connectivity index (χ1v) is 9.61. The summed E-state index contributed by atoms with van der Waals surface area (Å²) in [6.07, 6.45) is 1.54. The average molecular weight is 395 g/mol. The van der Waals surface area contributed by atoms with Crippen LogP contribution < -0.4 is 0 Å². The highest BCUT2D eigenvalue weighted by Gasteiger charge is 2.22. The van der Waals surface area contributed by atoms with E-state index in [0.29, 0.717) is 50.0 Å². The Morgan fingerprint density at radius 2 is 1.52 bits per heavy atom. The third-order valence-corrected chi connectivity index (χ3v) is 5.60. The molecule has 0 aliphatic heterocycles.